The molecule has 0 radical (unpaired) electrons. The van der Waals surface area contributed by atoms with Crippen molar-refractivity contribution in [2.45, 2.75) is 0 Å². The number of hydrogen-bond acceptors (Lipinski definition) is 6. The average molecular weight is 520 g/mol. The predicted octanol–water partition coefficient (Wildman–Crippen LogP) is 4.10. The largest absolute Gasteiger partial charge is 0.378 e. The van der Waals surface area contributed by atoms with Gasteiger partial charge in [0.2, 0.25) is 5.91 Å². The molecule has 4 rings (SSSR count). The topological polar surface area (TPSA) is 79.0 Å². The molecular formula is C22H19BrFN3O4S. The number of morpholine rings is 1. The van der Waals surface area contributed by atoms with Gasteiger partial charge in [-0.1, -0.05) is 22.0 Å². The molecule has 2 fully saturated rings. The molecule has 7 nitrogen and oxygen atoms in total. The van der Waals surface area contributed by atoms with Crippen molar-refractivity contribution in [1.82, 2.24) is 4.90 Å². The second kappa shape index (κ2) is 9.85. The van der Waals surface area contributed by atoms with Crippen molar-refractivity contribution in [3.63, 3.8) is 0 Å². The number of thioether (sulfide) groups is 1. The minimum absolute atomic E-state index is 0.143. The lowest BCUT2D eigenvalue weighted by Crippen LogP contribution is -2.36. The second-order valence-corrected chi connectivity index (χ2v) is 9.04. The molecular weight excluding hydrogens is 501 g/mol. The van der Waals surface area contributed by atoms with Gasteiger partial charge in [-0.2, -0.15) is 0 Å². The first kappa shape index (κ1) is 22.5. The third-order valence-corrected chi connectivity index (χ3v) is 6.36. The van der Waals surface area contributed by atoms with Gasteiger partial charge in [-0.15, -0.1) is 0 Å². The van der Waals surface area contributed by atoms with Crippen LogP contribution in [-0.4, -0.2) is 54.8 Å². The Bertz CT molecular complexity index is 1090. The molecule has 0 spiro atoms. The first-order valence-corrected chi connectivity index (χ1v) is 11.4. The average Bonchev–Trinajstić information content (AvgIpc) is 3.03. The fraction of sp³-hybridized carbons (Fsp3) is 0.227. The summed E-state index contributed by atoms with van der Waals surface area (Å²) in [7, 11) is 0. The summed E-state index contributed by atoms with van der Waals surface area (Å²) in [5.74, 6) is -1.48. The van der Waals surface area contributed by atoms with Gasteiger partial charge in [-0.25, -0.2) is 4.39 Å². The Morgan fingerprint density at radius 3 is 2.56 bits per heavy atom. The van der Waals surface area contributed by atoms with Crippen LogP contribution in [-0.2, 0) is 14.3 Å². The standard InChI is InChI=1S/C22H19BrFN3O4S/c23-15-2-4-16(5-3-15)25-20(28)13-27-21(29)19(32-22(27)30)12-14-1-6-18(17(24)11-14)26-7-9-31-10-8-26/h1-6,11-12H,7-10,13H2,(H,25,28)/b19-12-. The Labute approximate surface area is 196 Å². The van der Waals surface area contributed by atoms with E-state index in [4.69, 9.17) is 4.74 Å². The number of amides is 3. The summed E-state index contributed by atoms with van der Waals surface area (Å²) >= 11 is 4.04. The molecule has 2 aromatic rings. The van der Waals surface area contributed by atoms with Crippen LogP contribution in [0.25, 0.3) is 6.08 Å². The number of carbonyl (C=O) groups excluding carboxylic acids is 3. The maximum absolute atomic E-state index is 14.6. The highest BCUT2D eigenvalue weighted by atomic mass is 79.9. The molecule has 2 aromatic carbocycles. The zero-order chi connectivity index (χ0) is 22.7. The maximum atomic E-state index is 14.6. The number of carbonyl (C=O) groups is 3. The van der Waals surface area contributed by atoms with Crippen molar-refractivity contribution < 1.29 is 23.5 Å². The van der Waals surface area contributed by atoms with Crippen LogP contribution in [0.4, 0.5) is 20.6 Å². The molecule has 0 aliphatic carbocycles. The fourth-order valence-electron chi connectivity index (χ4n) is 3.34. The monoisotopic (exact) mass is 519 g/mol. The second-order valence-electron chi connectivity index (χ2n) is 7.13. The number of imide groups is 1. The van der Waals surface area contributed by atoms with Crippen molar-refractivity contribution in [3.8, 4) is 0 Å². The van der Waals surface area contributed by atoms with Crippen LogP contribution in [0.1, 0.15) is 5.56 Å². The highest BCUT2D eigenvalue weighted by molar-refractivity contribution is 9.10. The van der Waals surface area contributed by atoms with Gasteiger partial charge in [0.15, 0.2) is 0 Å². The first-order chi connectivity index (χ1) is 15.4. The van der Waals surface area contributed by atoms with Gasteiger partial charge >= 0.3 is 0 Å². The van der Waals surface area contributed by atoms with E-state index in [0.29, 0.717) is 43.2 Å². The highest BCUT2D eigenvalue weighted by Crippen LogP contribution is 2.33. The van der Waals surface area contributed by atoms with Crippen molar-refractivity contribution in [3.05, 3.63) is 63.2 Å². The van der Waals surface area contributed by atoms with Crippen molar-refractivity contribution in [1.29, 1.82) is 0 Å². The Hall–Kier alpha value is -2.69. The minimum atomic E-state index is -0.580. The molecule has 2 aliphatic rings. The van der Waals surface area contributed by atoms with E-state index >= 15 is 0 Å². The van der Waals surface area contributed by atoms with E-state index in [-0.39, 0.29) is 4.91 Å². The molecule has 0 saturated carbocycles. The fourth-order valence-corrected chi connectivity index (χ4v) is 4.44. The number of ether oxygens (including phenoxy) is 1. The summed E-state index contributed by atoms with van der Waals surface area (Å²) in [6.45, 7) is 1.91. The van der Waals surface area contributed by atoms with Gasteiger partial charge in [0.1, 0.15) is 12.4 Å². The molecule has 0 bridgehead atoms. The zero-order valence-corrected chi connectivity index (χ0v) is 19.2. The van der Waals surface area contributed by atoms with Crippen LogP contribution in [0.15, 0.2) is 51.8 Å². The van der Waals surface area contributed by atoms with E-state index in [2.05, 4.69) is 21.2 Å². The van der Waals surface area contributed by atoms with E-state index in [9.17, 15) is 18.8 Å². The number of anilines is 2. The molecule has 3 amide bonds. The van der Waals surface area contributed by atoms with Gasteiger partial charge in [-0.05, 0) is 59.8 Å². The van der Waals surface area contributed by atoms with Crippen LogP contribution in [0.2, 0.25) is 0 Å². The van der Waals surface area contributed by atoms with Crippen molar-refractivity contribution >= 4 is 62.2 Å². The third-order valence-electron chi connectivity index (χ3n) is 4.92. The van der Waals surface area contributed by atoms with Gasteiger partial charge in [-0.3, -0.25) is 19.3 Å². The van der Waals surface area contributed by atoms with Crippen LogP contribution in [0.3, 0.4) is 0 Å². The summed E-state index contributed by atoms with van der Waals surface area (Å²) in [5.41, 5.74) is 1.49. The number of rotatable bonds is 5. The molecule has 0 aromatic heterocycles. The molecule has 166 valence electrons. The van der Waals surface area contributed by atoms with Gasteiger partial charge in [0, 0.05) is 23.2 Å². The van der Waals surface area contributed by atoms with Crippen LogP contribution < -0.4 is 10.2 Å². The number of nitrogens with zero attached hydrogens (tertiary/aromatic N) is 2. The summed E-state index contributed by atoms with van der Waals surface area (Å²) in [5, 5.41) is 2.10. The minimum Gasteiger partial charge on any atom is -0.378 e. The van der Waals surface area contributed by atoms with E-state index in [0.717, 1.165) is 21.1 Å². The number of benzene rings is 2. The van der Waals surface area contributed by atoms with Crippen LogP contribution >= 0.6 is 27.7 Å². The molecule has 2 aliphatic heterocycles. The quantitative estimate of drug-likeness (QED) is 0.599. The number of nitrogens with one attached hydrogen (secondary N) is 1. The Morgan fingerprint density at radius 2 is 1.88 bits per heavy atom. The Balaban J connectivity index is 1.43. The summed E-state index contributed by atoms with van der Waals surface area (Å²) in [6.07, 6.45) is 1.46. The van der Waals surface area contributed by atoms with Crippen LogP contribution in [0.5, 0.6) is 0 Å². The highest BCUT2D eigenvalue weighted by Gasteiger charge is 2.36. The van der Waals surface area contributed by atoms with Crippen molar-refractivity contribution in [2.24, 2.45) is 0 Å². The van der Waals surface area contributed by atoms with Gasteiger partial charge in [0.05, 0.1) is 23.8 Å². The van der Waals surface area contributed by atoms with Gasteiger partial charge in [0.25, 0.3) is 11.1 Å². The normalized spacial score (nSPS) is 17.9. The first-order valence-electron chi connectivity index (χ1n) is 9.84. The van der Waals surface area contributed by atoms with E-state index in [1.807, 2.05) is 4.90 Å². The van der Waals surface area contributed by atoms with E-state index in [1.165, 1.54) is 12.1 Å². The number of hydrogen-bond donors (Lipinski definition) is 1. The van der Waals surface area contributed by atoms with Gasteiger partial charge < -0.3 is 15.0 Å². The lowest BCUT2D eigenvalue weighted by atomic mass is 10.1. The van der Waals surface area contributed by atoms with E-state index < -0.39 is 29.4 Å². The lowest BCUT2D eigenvalue weighted by Gasteiger charge is -2.29. The Morgan fingerprint density at radius 1 is 1.16 bits per heavy atom. The van der Waals surface area contributed by atoms with E-state index in [1.54, 1.807) is 36.4 Å². The molecule has 2 heterocycles. The molecule has 0 unspecified atom stereocenters. The molecule has 0 atom stereocenters. The molecule has 1 N–H and O–H groups in total. The zero-order valence-electron chi connectivity index (χ0n) is 16.8. The number of halogens is 2. The third kappa shape index (κ3) is 5.20. The predicted molar refractivity (Wildman–Crippen MR) is 125 cm³/mol. The summed E-state index contributed by atoms with van der Waals surface area (Å²) < 4.78 is 20.8. The lowest BCUT2D eigenvalue weighted by molar-refractivity contribution is -0.127. The Kier molecular flexibility index (Phi) is 6.92. The molecule has 10 heteroatoms. The summed E-state index contributed by atoms with van der Waals surface area (Å²) in [6, 6.07) is 11.6. The summed E-state index contributed by atoms with van der Waals surface area (Å²) in [4.78, 5) is 40.2. The maximum Gasteiger partial charge on any atom is 0.294 e. The smallest absolute Gasteiger partial charge is 0.294 e. The molecule has 2 saturated heterocycles. The van der Waals surface area contributed by atoms with Crippen LogP contribution in [0, 0.1) is 5.82 Å². The SMILES string of the molecule is O=C(CN1C(=O)S/C(=C\c2ccc(N3CCOCC3)c(F)c2)C1=O)Nc1ccc(Br)cc1. The molecule has 32 heavy (non-hydrogen) atoms. The van der Waals surface area contributed by atoms with Crippen molar-refractivity contribution in [2.75, 3.05) is 43.1 Å².